The molecule has 0 fully saturated rings. The highest BCUT2D eigenvalue weighted by atomic mass is 32.2. The summed E-state index contributed by atoms with van der Waals surface area (Å²) in [4.78, 5) is 39.5. The third-order valence-corrected chi connectivity index (χ3v) is 5.42. The third kappa shape index (κ3) is 5.69. The van der Waals surface area contributed by atoms with Crippen molar-refractivity contribution in [2.45, 2.75) is 13.3 Å². The molecule has 1 aliphatic heterocycles. The minimum Gasteiger partial charge on any atom is -0.292 e. The Labute approximate surface area is 161 Å². The molecule has 26 heavy (non-hydrogen) atoms. The molecule has 0 saturated heterocycles. The van der Waals surface area contributed by atoms with Gasteiger partial charge in [0.05, 0.1) is 16.3 Å². The Morgan fingerprint density at radius 3 is 2.85 bits per heavy atom. The van der Waals surface area contributed by atoms with Crippen molar-refractivity contribution in [3.63, 3.8) is 0 Å². The lowest BCUT2D eigenvalue weighted by Gasteiger charge is -2.25. The molecule has 0 bridgehead atoms. The number of ketones is 1. The van der Waals surface area contributed by atoms with Crippen LogP contribution in [0.3, 0.4) is 0 Å². The number of hydrazine groups is 1. The molecule has 2 N–H and O–H groups in total. The number of nitrogens with zero attached hydrogens (tertiary/aromatic N) is 1. The fourth-order valence-electron chi connectivity index (χ4n) is 2.42. The predicted octanol–water partition coefficient (Wildman–Crippen LogP) is 2.49. The zero-order valence-corrected chi connectivity index (χ0v) is 16.1. The second-order valence-electron chi connectivity index (χ2n) is 5.47. The second-order valence-corrected chi connectivity index (χ2v) is 7.43. The van der Waals surface area contributed by atoms with Crippen molar-refractivity contribution in [3.05, 3.63) is 57.0 Å². The Balaban J connectivity index is 1.85. The van der Waals surface area contributed by atoms with E-state index in [1.165, 1.54) is 23.1 Å². The van der Waals surface area contributed by atoms with Gasteiger partial charge in [0.2, 0.25) is 0 Å². The Hall–Kier alpha value is -2.16. The van der Waals surface area contributed by atoms with Crippen LogP contribution in [0.5, 0.6) is 0 Å². The van der Waals surface area contributed by atoms with Crippen molar-refractivity contribution < 1.29 is 14.4 Å². The maximum Gasteiger partial charge on any atom is 0.276 e. The van der Waals surface area contributed by atoms with Crippen molar-refractivity contribution in [3.8, 4) is 0 Å². The maximum absolute atomic E-state index is 12.3. The van der Waals surface area contributed by atoms with Gasteiger partial charge in [0.25, 0.3) is 11.8 Å². The van der Waals surface area contributed by atoms with Gasteiger partial charge in [0, 0.05) is 18.7 Å². The van der Waals surface area contributed by atoms with Gasteiger partial charge in [-0.25, -0.2) is 0 Å². The third-order valence-electron chi connectivity index (χ3n) is 3.67. The van der Waals surface area contributed by atoms with Crippen LogP contribution in [0.2, 0.25) is 0 Å². The molecule has 8 heteroatoms. The number of Topliss-reactive ketones (excluding diaryl/α,β-unsaturated/α-hetero) is 1. The van der Waals surface area contributed by atoms with Crippen molar-refractivity contribution in [1.82, 2.24) is 15.8 Å². The van der Waals surface area contributed by atoms with Crippen LogP contribution >= 0.6 is 23.1 Å². The van der Waals surface area contributed by atoms with Gasteiger partial charge in [0.15, 0.2) is 5.78 Å². The number of hydrogen-bond donors (Lipinski definition) is 2. The molecule has 1 aromatic heterocycles. The quantitative estimate of drug-likeness (QED) is 0.424. The summed E-state index contributed by atoms with van der Waals surface area (Å²) < 4.78 is 0. The molecule has 6 nitrogen and oxygen atoms in total. The SMILES string of the molecule is C=CS/C(=C/C)C(=O)NNC(=O)C1=CCCN(CC(=O)c2cccs2)C1. The molecule has 0 radical (unpaired) electrons. The molecule has 0 unspecified atom stereocenters. The van der Waals surface area contributed by atoms with Crippen molar-refractivity contribution >= 4 is 40.7 Å². The van der Waals surface area contributed by atoms with E-state index in [0.717, 1.165) is 11.4 Å². The lowest BCUT2D eigenvalue weighted by molar-refractivity contribution is -0.124. The number of thioether (sulfide) groups is 1. The molecule has 1 aromatic rings. The zero-order chi connectivity index (χ0) is 18.9. The summed E-state index contributed by atoms with van der Waals surface area (Å²) in [6.45, 7) is 6.67. The summed E-state index contributed by atoms with van der Waals surface area (Å²) in [7, 11) is 0. The first-order chi connectivity index (χ1) is 12.5. The van der Waals surface area contributed by atoms with E-state index in [0.29, 0.717) is 23.4 Å². The Morgan fingerprint density at radius 1 is 1.38 bits per heavy atom. The van der Waals surface area contributed by atoms with Crippen LogP contribution in [-0.4, -0.2) is 42.1 Å². The van der Waals surface area contributed by atoms with Crippen LogP contribution in [0.15, 0.2) is 52.1 Å². The Bertz CT molecular complexity index is 739. The molecule has 2 heterocycles. The number of carbonyl (C=O) groups excluding carboxylic acids is 3. The van der Waals surface area contributed by atoms with Gasteiger partial charge in [-0.05, 0) is 30.2 Å². The van der Waals surface area contributed by atoms with Gasteiger partial charge in [-0.1, -0.05) is 36.6 Å². The lowest BCUT2D eigenvalue weighted by atomic mass is 10.1. The fraction of sp³-hybridized carbons (Fsp3) is 0.278. The summed E-state index contributed by atoms with van der Waals surface area (Å²) in [6.07, 6.45) is 4.16. The first-order valence-corrected chi connectivity index (χ1v) is 9.83. The molecule has 0 aliphatic carbocycles. The maximum atomic E-state index is 12.3. The van der Waals surface area contributed by atoms with Gasteiger partial charge < -0.3 is 0 Å². The number of hydrogen-bond acceptors (Lipinski definition) is 6. The van der Waals surface area contributed by atoms with E-state index in [1.807, 2.05) is 22.4 Å². The molecule has 2 rings (SSSR count). The van der Waals surface area contributed by atoms with Crippen LogP contribution in [0.1, 0.15) is 23.0 Å². The molecule has 138 valence electrons. The average molecular weight is 392 g/mol. The summed E-state index contributed by atoms with van der Waals surface area (Å²) >= 11 is 2.59. The van der Waals surface area contributed by atoms with Gasteiger partial charge >= 0.3 is 0 Å². The number of nitrogens with one attached hydrogen (secondary N) is 2. The van der Waals surface area contributed by atoms with Gasteiger partial charge in [-0.2, -0.15) is 0 Å². The van der Waals surface area contributed by atoms with Crippen LogP contribution in [-0.2, 0) is 9.59 Å². The van der Waals surface area contributed by atoms with Crippen LogP contribution in [0.25, 0.3) is 0 Å². The first-order valence-electron chi connectivity index (χ1n) is 8.07. The highest BCUT2D eigenvalue weighted by molar-refractivity contribution is 8.06. The topological polar surface area (TPSA) is 78.5 Å². The average Bonchev–Trinajstić information content (AvgIpc) is 3.19. The van der Waals surface area contributed by atoms with E-state index in [9.17, 15) is 14.4 Å². The van der Waals surface area contributed by atoms with Gasteiger partial charge in [-0.15, -0.1) is 11.3 Å². The van der Waals surface area contributed by atoms with E-state index in [-0.39, 0.29) is 18.2 Å². The summed E-state index contributed by atoms with van der Waals surface area (Å²) in [5, 5.41) is 3.41. The number of amides is 2. The fourth-order valence-corrected chi connectivity index (χ4v) is 3.55. The summed E-state index contributed by atoms with van der Waals surface area (Å²) in [5.41, 5.74) is 5.35. The molecular weight excluding hydrogens is 370 g/mol. The number of thiophene rings is 1. The van der Waals surface area contributed by atoms with E-state index in [2.05, 4.69) is 17.4 Å². The molecular formula is C18H21N3O3S2. The van der Waals surface area contributed by atoms with E-state index >= 15 is 0 Å². The second kappa shape index (κ2) is 10.1. The summed E-state index contributed by atoms with van der Waals surface area (Å²) in [5.74, 6) is -0.716. The molecule has 1 aliphatic rings. The van der Waals surface area contributed by atoms with Crippen LogP contribution < -0.4 is 10.9 Å². The molecule has 0 spiro atoms. The highest BCUT2D eigenvalue weighted by Crippen LogP contribution is 2.16. The van der Waals surface area contributed by atoms with E-state index in [4.69, 9.17) is 0 Å². The highest BCUT2D eigenvalue weighted by Gasteiger charge is 2.21. The summed E-state index contributed by atoms with van der Waals surface area (Å²) in [6, 6.07) is 3.65. The van der Waals surface area contributed by atoms with Gasteiger partial charge in [0.1, 0.15) is 0 Å². The number of carbonyl (C=O) groups is 3. The van der Waals surface area contributed by atoms with Gasteiger partial charge in [-0.3, -0.25) is 30.1 Å². The predicted molar refractivity (Wildman–Crippen MR) is 106 cm³/mol. The Kier molecular flexibility index (Phi) is 7.83. The standard InChI is InChI=1S/C18H21N3O3S2/c1-3-15(25-4-2)18(24)20-19-17(23)13-7-5-9-21(11-13)12-14(22)16-8-6-10-26-16/h3-4,6-8,10H,2,5,9,11-12H2,1H3,(H,19,23)(H,20,24)/b15-3+. The lowest BCUT2D eigenvalue weighted by Crippen LogP contribution is -2.45. The largest absolute Gasteiger partial charge is 0.292 e. The molecule has 2 amide bonds. The normalized spacial score (nSPS) is 15.1. The first kappa shape index (κ1) is 20.2. The van der Waals surface area contributed by atoms with Crippen molar-refractivity contribution in [2.24, 2.45) is 0 Å². The zero-order valence-electron chi connectivity index (χ0n) is 14.5. The van der Waals surface area contributed by atoms with Crippen molar-refractivity contribution in [1.29, 1.82) is 0 Å². The molecule has 0 aromatic carbocycles. The number of rotatable bonds is 7. The van der Waals surface area contributed by atoms with E-state index in [1.54, 1.807) is 24.5 Å². The number of allylic oxidation sites excluding steroid dienone is 1. The molecule has 0 saturated carbocycles. The van der Waals surface area contributed by atoms with Crippen LogP contribution in [0, 0.1) is 0 Å². The molecule has 0 atom stereocenters. The van der Waals surface area contributed by atoms with Crippen molar-refractivity contribution in [2.75, 3.05) is 19.6 Å². The minimum absolute atomic E-state index is 0.0501. The Morgan fingerprint density at radius 2 is 2.19 bits per heavy atom. The van der Waals surface area contributed by atoms with E-state index < -0.39 is 5.91 Å². The smallest absolute Gasteiger partial charge is 0.276 e. The minimum atomic E-state index is -0.396. The van der Waals surface area contributed by atoms with Crippen LogP contribution in [0.4, 0.5) is 0 Å². The monoisotopic (exact) mass is 391 g/mol.